The molecule has 4 amide bonds. The van der Waals surface area contributed by atoms with Crippen molar-refractivity contribution >= 4 is 35.3 Å². The van der Waals surface area contributed by atoms with Gasteiger partial charge >= 0.3 is 6.03 Å². The number of urea groups is 1. The molecule has 9 heteroatoms. The second kappa shape index (κ2) is 8.66. The first-order valence-corrected chi connectivity index (χ1v) is 9.97. The third-order valence-corrected chi connectivity index (χ3v) is 5.63. The van der Waals surface area contributed by atoms with Crippen molar-refractivity contribution in [1.82, 2.24) is 10.2 Å². The smallest absolute Gasteiger partial charge is 0.324 e. The Hall–Kier alpha value is -3.20. The molecule has 2 aromatic rings. The number of carbonyl (C=O) groups is 3. The molecule has 2 N–H and O–H groups in total. The zero-order valence-corrected chi connectivity index (χ0v) is 16.9. The Bertz CT molecular complexity index is 1030. The summed E-state index contributed by atoms with van der Waals surface area (Å²) in [5.74, 6) is -2.40. The molecule has 2 aromatic carbocycles. The molecular weight excluding hydrogens is 412 g/mol. The van der Waals surface area contributed by atoms with Crippen molar-refractivity contribution in [3.8, 4) is 0 Å². The first-order chi connectivity index (χ1) is 14.3. The van der Waals surface area contributed by atoms with Gasteiger partial charge in [0.25, 0.3) is 5.91 Å². The van der Waals surface area contributed by atoms with E-state index in [0.717, 1.165) is 23.1 Å². The van der Waals surface area contributed by atoms with E-state index in [1.54, 1.807) is 18.2 Å². The Morgan fingerprint density at radius 1 is 1.27 bits per heavy atom. The highest BCUT2D eigenvalue weighted by Crippen LogP contribution is 2.31. The zero-order valence-electron chi connectivity index (χ0n) is 16.1. The second-order valence-corrected chi connectivity index (χ2v) is 7.78. The number of para-hydroxylation sites is 1. The summed E-state index contributed by atoms with van der Waals surface area (Å²) in [4.78, 5) is 39.2. The normalized spacial score (nSPS) is 18.3. The molecule has 156 valence electrons. The van der Waals surface area contributed by atoms with Crippen LogP contribution in [0.2, 0.25) is 0 Å². The number of carbonyl (C=O) groups excluding carboxylic acids is 3. The summed E-state index contributed by atoms with van der Waals surface area (Å²) in [5.41, 5.74) is -1.60. The van der Waals surface area contributed by atoms with Crippen LogP contribution in [0.5, 0.6) is 0 Å². The highest BCUT2D eigenvalue weighted by atomic mass is 32.2. The molecule has 1 heterocycles. The van der Waals surface area contributed by atoms with E-state index in [1.807, 2.05) is 12.1 Å². The molecule has 1 aliphatic rings. The lowest BCUT2D eigenvalue weighted by Gasteiger charge is -2.22. The molecule has 0 aliphatic carbocycles. The van der Waals surface area contributed by atoms with Crippen LogP contribution < -0.4 is 10.6 Å². The Balaban J connectivity index is 1.77. The number of nitrogens with zero attached hydrogens (tertiary/aromatic N) is 1. The van der Waals surface area contributed by atoms with Gasteiger partial charge in [-0.15, -0.1) is 18.3 Å². The van der Waals surface area contributed by atoms with Crippen molar-refractivity contribution < 1.29 is 23.2 Å². The van der Waals surface area contributed by atoms with Crippen LogP contribution in [-0.2, 0) is 15.1 Å². The van der Waals surface area contributed by atoms with E-state index in [2.05, 4.69) is 17.2 Å². The lowest BCUT2D eigenvalue weighted by molar-refractivity contribution is -0.133. The maximum atomic E-state index is 14.2. The minimum Gasteiger partial charge on any atom is -0.324 e. The topological polar surface area (TPSA) is 78.5 Å². The fourth-order valence-corrected chi connectivity index (χ4v) is 3.83. The van der Waals surface area contributed by atoms with E-state index < -0.39 is 41.6 Å². The summed E-state index contributed by atoms with van der Waals surface area (Å²) in [7, 11) is 0. The van der Waals surface area contributed by atoms with Gasteiger partial charge in [-0.2, -0.15) is 0 Å². The third kappa shape index (κ3) is 4.20. The van der Waals surface area contributed by atoms with Crippen LogP contribution in [0.15, 0.2) is 60.0 Å². The van der Waals surface area contributed by atoms with Gasteiger partial charge in [0.1, 0.15) is 23.7 Å². The number of halogens is 2. The summed E-state index contributed by atoms with van der Waals surface area (Å²) >= 11 is 1.46. The fourth-order valence-electron chi connectivity index (χ4n) is 3.08. The van der Waals surface area contributed by atoms with Gasteiger partial charge < -0.3 is 10.6 Å². The van der Waals surface area contributed by atoms with Crippen LogP contribution in [0.3, 0.4) is 0 Å². The molecule has 0 saturated carbocycles. The molecule has 1 atom stereocenters. The summed E-state index contributed by atoms with van der Waals surface area (Å²) in [6.07, 6.45) is 1.73. The molecule has 1 fully saturated rings. The summed E-state index contributed by atoms with van der Waals surface area (Å²) < 4.78 is 27.8. The molecule has 0 spiro atoms. The largest absolute Gasteiger partial charge is 0.325 e. The summed E-state index contributed by atoms with van der Waals surface area (Å²) in [5, 5.41) is 5.03. The third-order valence-electron chi connectivity index (χ3n) is 4.56. The SMILES string of the molecule is C=CCSc1ccccc1NC(=O)CN1C(=O)NC(C)(c2cc(F)ccc2F)C1=O. The predicted molar refractivity (Wildman–Crippen MR) is 110 cm³/mol. The molecular formula is C21H19F2N3O3S. The quantitative estimate of drug-likeness (QED) is 0.399. The first-order valence-electron chi connectivity index (χ1n) is 8.98. The standard InChI is InChI=1S/C21H19F2N3O3S/c1-3-10-30-17-7-5-4-6-16(17)24-18(27)12-26-19(28)21(2,25-20(26)29)14-11-13(22)8-9-15(14)23/h3-9,11H,1,10,12H2,2H3,(H,24,27)(H,25,29). The Labute approximate surface area is 176 Å². The van der Waals surface area contributed by atoms with Gasteiger partial charge in [0.15, 0.2) is 0 Å². The van der Waals surface area contributed by atoms with Gasteiger partial charge in [-0.1, -0.05) is 18.2 Å². The average Bonchev–Trinajstić information content (AvgIpc) is 2.93. The van der Waals surface area contributed by atoms with Gasteiger partial charge in [-0.3, -0.25) is 14.5 Å². The monoisotopic (exact) mass is 431 g/mol. The minimum atomic E-state index is -1.82. The molecule has 1 saturated heterocycles. The van der Waals surface area contributed by atoms with E-state index in [4.69, 9.17) is 0 Å². The molecule has 30 heavy (non-hydrogen) atoms. The highest BCUT2D eigenvalue weighted by molar-refractivity contribution is 7.99. The lowest BCUT2D eigenvalue weighted by atomic mass is 9.91. The van der Waals surface area contributed by atoms with E-state index in [1.165, 1.54) is 18.7 Å². The molecule has 1 aliphatic heterocycles. The van der Waals surface area contributed by atoms with E-state index in [-0.39, 0.29) is 5.56 Å². The minimum absolute atomic E-state index is 0.310. The second-order valence-electron chi connectivity index (χ2n) is 6.71. The van der Waals surface area contributed by atoms with Gasteiger partial charge in [-0.25, -0.2) is 13.6 Å². The number of benzene rings is 2. The van der Waals surface area contributed by atoms with Gasteiger partial charge in [0.2, 0.25) is 5.91 Å². The fraction of sp³-hybridized carbons (Fsp3) is 0.190. The maximum Gasteiger partial charge on any atom is 0.325 e. The highest BCUT2D eigenvalue weighted by Gasteiger charge is 2.50. The first kappa shape index (κ1) is 21.5. The Morgan fingerprint density at radius 3 is 2.73 bits per heavy atom. The Kier molecular flexibility index (Phi) is 6.21. The van der Waals surface area contributed by atoms with Crippen molar-refractivity contribution in [2.75, 3.05) is 17.6 Å². The van der Waals surface area contributed by atoms with Crippen molar-refractivity contribution in [2.24, 2.45) is 0 Å². The van der Waals surface area contributed by atoms with E-state index in [9.17, 15) is 23.2 Å². The van der Waals surface area contributed by atoms with Crippen molar-refractivity contribution in [2.45, 2.75) is 17.4 Å². The van der Waals surface area contributed by atoms with Crippen LogP contribution in [-0.4, -0.2) is 35.0 Å². The number of amides is 4. The van der Waals surface area contributed by atoms with Gasteiger partial charge in [0.05, 0.1) is 5.69 Å². The number of thioether (sulfide) groups is 1. The number of rotatable bonds is 7. The Morgan fingerprint density at radius 2 is 2.00 bits per heavy atom. The summed E-state index contributed by atoms with van der Waals surface area (Å²) in [6, 6.07) is 8.85. The van der Waals surface area contributed by atoms with Crippen LogP contribution in [0.1, 0.15) is 12.5 Å². The number of hydrogen-bond donors (Lipinski definition) is 2. The number of anilines is 1. The average molecular weight is 431 g/mol. The predicted octanol–water partition coefficient (Wildman–Crippen LogP) is 3.65. The lowest BCUT2D eigenvalue weighted by Crippen LogP contribution is -2.42. The molecule has 3 rings (SSSR count). The van der Waals surface area contributed by atoms with Crippen molar-refractivity contribution in [3.63, 3.8) is 0 Å². The van der Waals surface area contributed by atoms with Gasteiger partial charge in [0, 0.05) is 16.2 Å². The van der Waals surface area contributed by atoms with E-state index >= 15 is 0 Å². The van der Waals surface area contributed by atoms with Crippen LogP contribution in [0, 0.1) is 11.6 Å². The van der Waals surface area contributed by atoms with Crippen molar-refractivity contribution in [1.29, 1.82) is 0 Å². The molecule has 0 bridgehead atoms. The zero-order chi connectivity index (χ0) is 21.9. The maximum absolute atomic E-state index is 14.2. The molecule has 6 nitrogen and oxygen atoms in total. The van der Waals surface area contributed by atoms with Crippen molar-refractivity contribution in [3.05, 3.63) is 72.3 Å². The molecule has 0 radical (unpaired) electrons. The molecule has 1 unspecified atom stereocenters. The van der Waals surface area contributed by atoms with Gasteiger partial charge in [-0.05, 0) is 37.3 Å². The van der Waals surface area contributed by atoms with Crippen LogP contribution in [0.25, 0.3) is 0 Å². The van der Waals surface area contributed by atoms with Crippen LogP contribution >= 0.6 is 11.8 Å². The summed E-state index contributed by atoms with van der Waals surface area (Å²) in [6.45, 7) is 4.35. The number of hydrogen-bond acceptors (Lipinski definition) is 4. The molecule has 0 aromatic heterocycles. The number of nitrogens with one attached hydrogen (secondary N) is 2. The van der Waals surface area contributed by atoms with E-state index in [0.29, 0.717) is 16.3 Å². The number of imide groups is 1. The van der Waals surface area contributed by atoms with Crippen LogP contribution in [0.4, 0.5) is 19.3 Å².